The van der Waals surface area contributed by atoms with E-state index in [-0.39, 0.29) is 45.9 Å². The maximum absolute atomic E-state index is 14.5. The molecule has 9 nitrogen and oxygen atoms in total. The third-order valence-electron chi connectivity index (χ3n) is 10.1. The highest BCUT2D eigenvalue weighted by Gasteiger charge is 2.57. The van der Waals surface area contributed by atoms with Crippen molar-refractivity contribution >= 4 is 50.4 Å². The Kier molecular flexibility index (Phi) is 9.26. The number of carbonyl (C=O) groups is 1. The number of nitrogens with two attached hydrogens (primary N) is 1. The number of halogens is 1. The van der Waals surface area contributed by atoms with Gasteiger partial charge in [0.1, 0.15) is 18.2 Å². The second-order valence-corrected chi connectivity index (χ2v) is 16.6. The van der Waals surface area contributed by atoms with Crippen LogP contribution in [-0.4, -0.2) is 78.3 Å². The third-order valence-corrected chi connectivity index (χ3v) is 14.0. The zero-order valence-corrected chi connectivity index (χ0v) is 29.2. The van der Waals surface area contributed by atoms with Gasteiger partial charge in [0, 0.05) is 41.7 Å². The van der Waals surface area contributed by atoms with Crippen LogP contribution in [0, 0.1) is 11.3 Å². The highest BCUT2D eigenvalue weighted by Crippen LogP contribution is 2.51. The van der Waals surface area contributed by atoms with E-state index in [9.17, 15) is 4.79 Å². The lowest BCUT2D eigenvalue weighted by molar-refractivity contribution is -0.127. The molecule has 4 fully saturated rings. The first-order valence-electron chi connectivity index (χ1n) is 16.2. The summed E-state index contributed by atoms with van der Waals surface area (Å²) in [5.74, 6) is 9.03. The number of amidine groups is 1. The number of rotatable bonds is 8. The van der Waals surface area contributed by atoms with Crippen molar-refractivity contribution in [3.8, 4) is 0 Å². The van der Waals surface area contributed by atoms with Crippen LogP contribution >= 0.6 is 33.3 Å². The molecule has 0 spiro atoms. The second kappa shape index (κ2) is 12.7. The first kappa shape index (κ1) is 31.4. The van der Waals surface area contributed by atoms with Gasteiger partial charge in [-0.1, -0.05) is 39.3 Å². The van der Waals surface area contributed by atoms with Crippen molar-refractivity contribution in [2.75, 3.05) is 17.6 Å². The Morgan fingerprint density at radius 3 is 2.88 bits per heavy atom. The number of hydrogen-bond acceptors (Lipinski definition) is 8. The molecule has 1 saturated carbocycles. The summed E-state index contributed by atoms with van der Waals surface area (Å²) < 4.78 is 9.54. The first-order chi connectivity index (χ1) is 20.7. The number of aliphatic imine (C=N–C) groups is 1. The van der Waals surface area contributed by atoms with Crippen LogP contribution < -0.4 is 16.5 Å². The molecule has 4 N–H and O–H groups in total. The van der Waals surface area contributed by atoms with E-state index in [1.165, 1.54) is 17.3 Å². The summed E-state index contributed by atoms with van der Waals surface area (Å²) in [6, 6.07) is 0. The van der Waals surface area contributed by atoms with Crippen molar-refractivity contribution < 1.29 is 9.53 Å². The lowest BCUT2D eigenvalue weighted by atomic mass is 9.92. The van der Waals surface area contributed by atoms with E-state index in [2.05, 4.69) is 87.6 Å². The predicted molar refractivity (Wildman–Crippen MR) is 185 cm³/mol. The molecular formula is C32H50IN7O2S. The molecule has 6 aliphatic rings. The summed E-state index contributed by atoms with van der Waals surface area (Å²) in [6.07, 6.45) is 17.6. The second-order valence-electron chi connectivity index (χ2n) is 13.7. The van der Waals surface area contributed by atoms with Crippen molar-refractivity contribution in [2.24, 2.45) is 22.2 Å². The number of nitrogens with zero attached hydrogens (tertiary/aromatic N) is 4. The average Bonchev–Trinajstić information content (AvgIpc) is 3.72. The van der Waals surface area contributed by atoms with Gasteiger partial charge in [0.15, 0.2) is 0 Å². The number of fused-ring (bicyclic) bond motifs is 4. The van der Waals surface area contributed by atoms with Crippen molar-refractivity contribution in [3.63, 3.8) is 0 Å². The quantitative estimate of drug-likeness (QED) is 0.107. The van der Waals surface area contributed by atoms with Gasteiger partial charge >= 0.3 is 0 Å². The fourth-order valence-electron chi connectivity index (χ4n) is 7.43. The lowest BCUT2D eigenvalue weighted by Gasteiger charge is -2.51. The maximum atomic E-state index is 14.5. The third kappa shape index (κ3) is 6.29. The fraction of sp³-hybridized carbons (Fsp3) is 0.719. The number of ether oxygens (including phenoxy) is 1. The zero-order valence-electron chi connectivity index (χ0n) is 26.2. The molecule has 43 heavy (non-hydrogen) atoms. The number of hydrogen-bond donors (Lipinski definition) is 3. The molecular weight excluding hydrogens is 673 g/mol. The first-order valence-corrected chi connectivity index (χ1v) is 19.0. The fourth-order valence-corrected chi connectivity index (χ4v) is 10.8. The molecule has 2 bridgehead atoms. The minimum Gasteiger partial charge on any atom is -0.374 e. The van der Waals surface area contributed by atoms with Crippen LogP contribution in [0.15, 0.2) is 40.8 Å². The monoisotopic (exact) mass is 723 g/mol. The van der Waals surface area contributed by atoms with Gasteiger partial charge in [-0.15, -0.1) is 0 Å². The molecule has 1 aliphatic carbocycles. The molecule has 0 aromatic rings. The molecule has 3 saturated heterocycles. The van der Waals surface area contributed by atoms with Gasteiger partial charge in [-0.05, 0) is 102 Å². The molecule has 6 rings (SSSR count). The smallest absolute Gasteiger partial charge is 0.268 e. The number of hydrazine groups is 1. The Hall–Kier alpha value is -1.57. The lowest BCUT2D eigenvalue weighted by Crippen LogP contribution is -2.62. The Bertz CT molecular complexity index is 1240. The van der Waals surface area contributed by atoms with Gasteiger partial charge in [-0.3, -0.25) is 14.1 Å². The van der Waals surface area contributed by atoms with E-state index in [0.29, 0.717) is 17.8 Å². The number of dihydropyridines is 1. The van der Waals surface area contributed by atoms with Gasteiger partial charge in [-0.2, -0.15) is 0 Å². The number of allylic oxidation sites excluding steroid dienone is 1. The van der Waals surface area contributed by atoms with Crippen LogP contribution in [0.1, 0.15) is 85.5 Å². The van der Waals surface area contributed by atoms with E-state index in [1.54, 1.807) is 5.01 Å². The van der Waals surface area contributed by atoms with E-state index < -0.39 is 0 Å². The number of alkyl halides is 1. The van der Waals surface area contributed by atoms with Crippen molar-refractivity contribution in [1.29, 1.82) is 0 Å². The normalized spacial score (nSPS) is 33.3. The number of amides is 1. The minimum absolute atomic E-state index is 0.0153. The highest BCUT2D eigenvalue weighted by atomic mass is 127. The van der Waals surface area contributed by atoms with Crippen LogP contribution in [0.3, 0.4) is 0 Å². The molecule has 238 valence electrons. The maximum Gasteiger partial charge on any atom is 0.268 e. The molecule has 5 aliphatic heterocycles. The minimum atomic E-state index is -0.373. The van der Waals surface area contributed by atoms with Crippen molar-refractivity contribution in [3.05, 3.63) is 35.8 Å². The van der Waals surface area contributed by atoms with E-state index >= 15 is 0 Å². The summed E-state index contributed by atoms with van der Waals surface area (Å²) >= 11 is 2.50. The Labute approximate surface area is 274 Å². The van der Waals surface area contributed by atoms with Gasteiger partial charge in [0.2, 0.25) is 0 Å². The highest BCUT2D eigenvalue weighted by molar-refractivity contribution is 14.1. The standard InChI is InChI=1S/C32H50IN7O2S/c1-5-43-27-10-6-9-25(36-27)35-17-7-8-23-20-31(3,4)39-28-24(30(41)40(43)29(23)39)11-12-26(37-28)38(34)18-13-22(2)42-19-16-32(21-33)14-15-32/h5,9,11,13,18,22-23,26-27,29,35-36H,6-8,10,12,14-17,19-21,34H2,1-4H3/b18-13-/t22-,23?,26?,27?,29?,43?/m0/s1. The molecule has 6 atom stereocenters. The Morgan fingerprint density at radius 1 is 1.33 bits per heavy atom. The van der Waals surface area contributed by atoms with Crippen molar-refractivity contribution in [1.82, 2.24) is 24.8 Å². The van der Waals surface area contributed by atoms with E-state index in [4.69, 9.17) is 15.6 Å². The summed E-state index contributed by atoms with van der Waals surface area (Å²) in [5, 5.41) is 11.5. The molecule has 0 radical (unpaired) electrons. The predicted octanol–water partition coefficient (Wildman–Crippen LogP) is 4.95. The topological polar surface area (TPSA) is 98.5 Å². The van der Waals surface area contributed by atoms with Crippen LogP contribution in [0.4, 0.5) is 0 Å². The molecule has 1 amide bonds. The summed E-state index contributed by atoms with van der Waals surface area (Å²) in [5.41, 5.74) is 1.13. The number of nitrogens with one attached hydrogen (secondary N) is 2. The van der Waals surface area contributed by atoms with Gasteiger partial charge in [0.05, 0.1) is 22.9 Å². The summed E-state index contributed by atoms with van der Waals surface area (Å²) in [6.45, 7) is 10.5. The molecule has 0 aromatic carbocycles. The molecule has 5 unspecified atom stereocenters. The Morgan fingerprint density at radius 2 is 2.14 bits per heavy atom. The number of carbonyl (C=O) groups excluding carboxylic acids is 1. The van der Waals surface area contributed by atoms with Crippen LogP contribution in [0.5, 0.6) is 0 Å². The van der Waals surface area contributed by atoms with Gasteiger partial charge < -0.3 is 20.3 Å². The van der Waals surface area contributed by atoms with Gasteiger partial charge in [0.25, 0.3) is 5.91 Å². The van der Waals surface area contributed by atoms with Crippen LogP contribution in [0.2, 0.25) is 0 Å². The average molecular weight is 724 g/mol. The van der Waals surface area contributed by atoms with Crippen LogP contribution in [0.25, 0.3) is 0 Å². The van der Waals surface area contributed by atoms with E-state index in [0.717, 1.165) is 68.9 Å². The van der Waals surface area contributed by atoms with Crippen molar-refractivity contribution in [2.45, 2.75) is 115 Å². The molecule has 0 aromatic heterocycles. The Balaban J connectivity index is 1.24. The largest absolute Gasteiger partial charge is 0.374 e. The molecule has 11 heteroatoms. The van der Waals surface area contributed by atoms with E-state index in [1.807, 2.05) is 12.3 Å². The van der Waals surface area contributed by atoms with Gasteiger partial charge in [-0.25, -0.2) is 10.8 Å². The summed E-state index contributed by atoms with van der Waals surface area (Å²) in [7, 11) is -0.373. The SMILES string of the molecule is CC=S1C2CCC=C(NCCCC3CC(C)(C)N4C5=NC(N(N)/C=C\[C@H](C)OCCC6(CI)CC6)CC=C5C(=O)N1C34)N2. The molecule has 5 heterocycles. The zero-order chi connectivity index (χ0) is 30.4. The van der Waals surface area contributed by atoms with Crippen LogP contribution in [-0.2, 0) is 9.53 Å². The summed E-state index contributed by atoms with van der Waals surface area (Å²) in [4.78, 5) is 22.2.